The van der Waals surface area contributed by atoms with Gasteiger partial charge in [0, 0.05) is 12.8 Å². The minimum Gasteiger partial charge on any atom is -0.460 e. The third kappa shape index (κ3) is 6.78. The first-order chi connectivity index (χ1) is 12.0. The SMILES string of the molecule is CC1CCC(C(C)C)C(OC(=O)C(O)CC(=O)C(O)CC(=O)C(C)O)C1. The summed E-state index contributed by atoms with van der Waals surface area (Å²) in [4.78, 5) is 35.4. The van der Waals surface area contributed by atoms with Gasteiger partial charge in [-0.05, 0) is 37.5 Å². The van der Waals surface area contributed by atoms with E-state index in [0.29, 0.717) is 11.8 Å². The Hall–Kier alpha value is -1.31. The molecule has 0 spiro atoms. The molecule has 3 N–H and O–H groups in total. The Kier molecular flexibility index (Phi) is 8.86. The smallest absolute Gasteiger partial charge is 0.335 e. The molecule has 0 saturated heterocycles. The average Bonchev–Trinajstić information content (AvgIpc) is 2.53. The van der Waals surface area contributed by atoms with Gasteiger partial charge < -0.3 is 20.1 Å². The molecular formula is C19H32O7. The predicted octanol–water partition coefficient (Wildman–Crippen LogP) is 1.01. The summed E-state index contributed by atoms with van der Waals surface area (Å²) in [5.74, 6) is -1.41. The van der Waals surface area contributed by atoms with Crippen LogP contribution in [0.4, 0.5) is 0 Å². The van der Waals surface area contributed by atoms with Gasteiger partial charge in [-0.2, -0.15) is 0 Å². The largest absolute Gasteiger partial charge is 0.460 e. The van der Waals surface area contributed by atoms with Crippen LogP contribution < -0.4 is 0 Å². The highest BCUT2D eigenvalue weighted by Gasteiger charge is 2.35. The molecule has 0 radical (unpaired) electrons. The summed E-state index contributed by atoms with van der Waals surface area (Å²) in [5.41, 5.74) is 0. The number of Topliss-reactive ketones (excluding diaryl/α,β-unsaturated/α-hetero) is 2. The molecule has 0 aliphatic heterocycles. The van der Waals surface area contributed by atoms with Crippen LogP contribution in [0.15, 0.2) is 0 Å². The topological polar surface area (TPSA) is 121 Å². The lowest BCUT2D eigenvalue weighted by Gasteiger charge is -2.37. The van der Waals surface area contributed by atoms with E-state index in [4.69, 9.17) is 9.84 Å². The van der Waals surface area contributed by atoms with Crippen LogP contribution in [-0.4, -0.2) is 57.3 Å². The van der Waals surface area contributed by atoms with Crippen molar-refractivity contribution in [3.05, 3.63) is 0 Å². The van der Waals surface area contributed by atoms with Crippen LogP contribution in [0.3, 0.4) is 0 Å². The summed E-state index contributed by atoms with van der Waals surface area (Å²) in [7, 11) is 0. The first-order valence-corrected chi connectivity index (χ1v) is 9.33. The van der Waals surface area contributed by atoms with Crippen LogP contribution in [0.25, 0.3) is 0 Å². The van der Waals surface area contributed by atoms with Crippen LogP contribution in [0.5, 0.6) is 0 Å². The number of rotatable bonds is 9. The molecule has 0 aromatic heterocycles. The quantitative estimate of drug-likeness (QED) is 0.516. The van der Waals surface area contributed by atoms with Crippen molar-refractivity contribution in [1.82, 2.24) is 0 Å². The average molecular weight is 372 g/mol. The van der Waals surface area contributed by atoms with Crippen molar-refractivity contribution >= 4 is 17.5 Å². The van der Waals surface area contributed by atoms with Crippen molar-refractivity contribution in [3.63, 3.8) is 0 Å². The molecule has 1 rings (SSSR count). The van der Waals surface area contributed by atoms with Crippen LogP contribution >= 0.6 is 0 Å². The fraction of sp³-hybridized carbons (Fsp3) is 0.842. The van der Waals surface area contributed by atoms with Gasteiger partial charge >= 0.3 is 5.97 Å². The molecule has 0 bridgehead atoms. The molecule has 1 saturated carbocycles. The maximum absolute atomic E-state index is 12.2. The molecule has 1 aliphatic rings. The van der Waals surface area contributed by atoms with Gasteiger partial charge in [-0.15, -0.1) is 0 Å². The maximum atomic E-state index is 12.2. The predicted molar refractivity (Wildman–Crippen MR) is 94.2 cm³/mol. The van der Waals surface area contributed by atoms with E-state index in [1.165, 1.54) is 6.92 Å². The Morgan fingerprint density at radius 2 is 1.54 bits per heavy atom. The lowest BCUT2D eigenvalue weighted by molar-refractivity contribution is -0.167. The molecule has 7 heteroatoms. The summed E-state index contributed by atoms with van der Waals surface area (Å²) < 4.78 is 5.47. The summed E-state index contributed by atoms with van der Waals surface area (Å²) >= 11 is 0. The lowest BCUT2D eigenvalue weighted by Crippen LogP contribution is -2.40. The molecule has 6 unspecified atom stereocenters. The van der Waals surface area contributed by atoms with E-state index in [1.54, 1.807) is 0 Å². The minimum absolute atomic E-state index is 0.215. The molecule has 0 aromatic carbocycles. The van der Waals surface area contributed by atoms with Crippen molar-refractivity contribution < 1.29 is 34.4 Å². The normalized spacial score (nSPS) is 26.8. The summed E-state index contributed by atoms with van der Waals surface area (Å²) in [6, 6.07) is 0. The number of ketones is 2. The first-order valence-electron chi connectivity index (χ1n) is 9.33. The molecule has 7 nitrogen and oxygen atoms in total. The Balaban J connectivity index is 2.57. The van der Waals surface area contributed by atoms with Gasteiger partial charge in [0.2, 0.25) is 0 Å². The number of ether oxygens (including phenoxy) is 1. The fourth-order valence-electron chi connectivity index (χ4n) is 3.36. The number of hydrogen-bond donors (Lipinski definition) is 3. The zero-order chi connectivity index (χ0) is 20.0. The third-order valence-corrected chi connectivity index (χ3v) is 5.13. The molecule has 26 heavy (non-hydrogen) atoms. The highest BCUT2D eigenvalue weighted by Crippen LogP contribution is 2.35. The summed E-state index contributed by atoms with van der Waals surface area (Å²) in [5, 5.41) is 28.8. The van der Waals surface area contributed by atoms with Crippen molar-refractivity contribution in [2.45, 2.75) is 84.2 Å². The van der Waals surface area contributed by atoms with Crippen molar-refractivity contribution in [2.24, 2.45) is 17.8 Å². The minimum atomic E-state index is -1.68. The van der Waals surface area contributed by atoms with Gasteiger partial charge in [-0.1, -0.05) is 27.2 Å². The van der Waals surface area contributed by atoms with E-state index in [-0.39, 0.29) is 12.0 Å². The highest BCUT2D eigenvalue weighted by atomic mass is 16.6. The number of esters is 1. The van der Waals surface area contributed by atoms with Crippen molar-refractivity contribution in [2.75, 3.05) is 0 Å². The van der Waals surface area contributed by atoms with Crippen molar-refractivity contribution in [3.8, 4) is 0 Å². The van der Waals surface area contributed by atoms with Gasteiger partial charge in [0.15, 0.2) is 17.7 Å². The van der Waals surface area contributed by atoms with Crippen LogP contribution in [0.2, 0.25) is 0 Å². The first kappa shape index (κ1) is 22.7. The second kappa shape index (κ2) is 10.1. The monoisotopic (exact) mass is 372 g/mol. The van der Waals surface area contributed by atoms with Crippen molar-refractivity contribution in [1.29, 1.82) is 0 Å². The van der Waals surface area contributed by atoms with E-state index in [0.717, 1.165) is 19.3 Å². The van der Waals surface area contributed by atoms with E-state index in [1.807, 2.05) is 0 Å². The van der Waals surface area contributed by atoms with Gasteiger partial charge in [-0.3, -0.25) is 9.59 Å². The second-order valence-electron chi connectivity index (χ2n) is 7.85. The third-order valence-electron chi connectivity index (χ3n) is 5.13. The Morgan fingerprint density at radius 1 is 0.962 bits per heavy atom. The molecule has 150 valence electrons. The molecule has 0 aromatic rings. The summed E-state index contributed by atoms with van der Waals surface area (Å²) in [6.45, 7) is 7.46. The second-order valence-corrected chi connectivity index (χ2v) is 7.85. The Bertz CT molecular complexity index is 500. The van der Waals surface area contributed by atoms with Crippen LogP contribution in [0, 0.1) is 17.8 Å². The van der Waals surface area contributed by atoms with E-state index < -0.39 is 48.7 Å². The number of carbonyl (C=O) groups is 3. The number of aliphatic hydroxyl groups is 3. The number of hydrogen-bond acceptors (Lipinski definition) is 7. The van der Waals surface area contributed by atoms with Crippen LogP contribution in [-0.2, 0) is 19.1 Å². The van der Waals surface area contributed by atoms with E-state index in [9.17, 15) is 24.6 Å². The Labute approximate surface area is 154 Å². The van der Waals surface area contributed by atoms with E-state index >= 15 is 0 Å². The summed E-state index contributed by atoms with van der Waals surface area (Å²) in [6.07, 6.45) is -3.34. The number of aliphatic hydroxyl groups excluding tert-OH is 3. The zero-order valence-corrected chi connectivity index (χ0v) is 16.1. The van der Waals surface area contributed by atoms with Gasteiger partial charge in [-0.25, -0.2) is 4.79 Å². The van der Waals surface area contributed by atoms with Crippen LogP contribution in [0.1, 0.15) is 59.8 Å². The molecular weight excluding hydrogens is 340 g/mol. The van der Waals surface area contributed by atoms with E-state index in [2.05, 4.69) is 20.8 Å². The molecule has 1 fully saturated rings. The molecule has 0 heterocycles. The highest BCUT2D eigenvalue weighted by molar-refractivity contribution is 5.93. The number of carbonyl (C=O) groups excluding carboxylic acids is 3. The molecule has 1 aliphatic carbocycles. The maximum Gasteiger partial charge on any atom is 0.335 e. The van der Waals surface area contributed by atoms with Gasteiger partial charge in [0.05, 0.1) is 0 Å². The molecule has 6 atom stereocenters. The van der Waals surface area contributed by atoms with Gasteiger partial charge in [0.1, 0.15) is 18.3 Å². The zero-order valence-electron chi connectivity index (χ0n) is 16.1. The standard InChI is InChI=1S/C19H32O7/c1-10(2)13-6-5-11(3)7-18(13)26-19(25)17(24)9-16(23)15(22)8-14(21)12(4)20/h10-13,15,17-18,20,22,24H,5-9H2,1-4H3. The van der Waals surface area contributed by atoms with Gasteiger partial charge in [0.25, 0.3) is 0 Å². The fourth-order valence-corrected chi connectivity index (χ4v) is 3.36. The molecule has 0 amide bonds. The lowest BCUT2D eigenvalue weighted by atomic mass is 9.75. The Morgan fingerprint density at radius 3 is 2.08 bits per heavy atom.